The van der Waals surface area contributed by atoms with Gasteiger partial charge in [-0.1, -0.05) is 0 Å². The minimum atomic E-state index is -0.565. The fourth-order valence-electron chi connectivity index (χ4n) is 2.04. The van der Waals surface area contributed by atoms with E-state index in [9.17, 15) is 4.21 Å². The molecular formula is C11H19N3OS. The molecular weight excluding hydrogens is 222 g/mol. The standard InChI is InChI=1S/C11H19N3OS/c1-2-14-11(3-6-13-14)9-12-10-4-7-16(15)8-5-10/h3,6,10,12H,2,4-5,7-9H2,1H3. The molecule has 0 radical (unpaired) electrons. The molecule has 0 spiro atoms. The first-order valence-corrected chi connectivity index (χ1v) is 7.37. The molecule has 4 nitrogen and oxygen atoms in total. The quantitative estimate of drug-likeness (QED) is 0.852. The fraction of sp³-hybridized carbons (Fsp3) is 0.727. The monoisotopic (exact) mass is 241 g/mol. The van der Waals surface area contributed by atoms with Crippen LogP contribution in [0.5, 0.6) is 0 Å². The van der Waals surface area contributed by atoms with Crippen molar-refractivity contribution >= 4 is 10.8 Å². The molecule has 0 atom stereocenters. The SMILES string of the molecule is CCn1nccc1CNC1CCS(=O)CC1. The Kier molecular flexibility index (Phi) is 4.12. The Morgan fingerprint density at radius 1 is 1.56 bits per heavy atom. The molecule has 2 heterocycles. The molecule has 0 bridgehead atoms. The molecule has 1 fully saturated rings. The van der Waals surface area contributed by atoms with Crippen molar-refractivity contribution < 1.29 is 4.21 Å². The third-order valence-electron chi connectivity index (χ3n) is 3.06. The zero-order valence-electron chi connectivity index (χ0n) is 9.69. The van der Waals surface area contributed by atoms with Crippen molar-refractivity contribution in [2.24, 2.45) is 0 Å². The highest BCUT2D eigenvalue weighted by Gasteiger charge is 2.17. The summed E-state index contributed by atoms with van der Waals surface area (Å²) >= 11 is 0. The van der Waals surface area contributed by atoms with E-state index in [1.807, 2.05) is 10.9 Å². The lowest BCUT2D eigenvalue weighted by molar-refractivity contribution is 0.460. The van der Waals surface area contributed by atoms with E-state index < -0.39 is 10.8 Å². The second-order valence-corrected chi connectivity index (χ2v) is 5.84. The van der Waals surface area contributed by atoms with E-state index in [0.29, 0.717) is 6.04 Å². The second-order valence-electron chi connectivity index (χ2n) is 4.14. The molecule has 0 saturated carbocycles. The summed E-state index contributed by atoms with van der Waals surface area (Å²) in [6.45, 7) is 3.88. The van der Waals surface area contributed by atoms with Crippen LogP contribution >= 0.6 is 0 Å². The summed E-state index contributed by atoms with van der Waals surface area (Å²) in [6, 6.07) is 2.58. The number of hydrogen-bond acceptors (Lipinski definition) is 3. The van der Waals surface area contributed by atoms with E-state index in [-0.39, 0.29) is 0 Å². The third-order valence-corrected chi connectivity index (χ3v) is 4.45. The molecule has 1 aliphatic rings. The van der Waals surface area contributed by atoms with Gasteiger partial charge >= 0.3 is 0 Å². The highest BCUT2D eigenvalue weighted by Crippen LogP contribution is 2.10. The number of aromatic nitrogens is 2. The Hall–Kier alpha value is -0.680. The molecule has 1 aromatic heterocycles. The molecule has 1 N–H and O–H groups in total. The Morgan fingerprint density at radius 3 is 3.00 bits per heavy atom. The van der Waals surface area contributed by atoms with Crippen LogP contribution in [0.3, 0.4) is 0 Å². The number of nitrogens with zero attached hydrogens (tertiary/aromatic N) is 2. The van der Waals surface area contributed by atoms with Crippen LogP contribution in [0.15, 0.2) is 12.3 Å². The van der Waals surface area contributed by atoms with Crippen molar-refractivity contribution in [1.82, 2.24) is 15.1 Å². The van der Waals surface area contributed by atoms with Crippen LogP contribution in [0.4, 0.5) is 0 Å². The Balaban J connectivity index is 1.81. The van der Waals surface area contributed by atoms with Crippen molar-refractivity contribution in [3.8, 4) is 0 Å². The number of aryl methyl sites for hydroxylation is 1. The lowest BCUT2D eigenvalue weighted by Gasteiger charge is -2.22. The first-order chi connectivity index (χ1) is 7.79. The highest BCUT2D eigenvalue weighted by atomic mass is 32.2. The van der Waals surface area contributed by atoms with Crippen LogP contribution < -0.4 is 5.32 Å². The van der Waals surface area contributed by atoms with Gasteiger partial charge in [-0.2, -0.15) is 5.10 Å². The molecule has 0 aliphatic carbocycles. The summed E-state index contributed by atoms with van der Waals surface area (Å²) in [5, 5.41) is 7.76. The Bertz CT molecular complexity index is 354. The van der Waals surface area contributed by atoms with Crippen molar-refractivity contribution in [2.75, 3.05) is 11.5 Å². The van der Waals surface area contributed by atoms with E-state index in [0.717, 1.165) is 37.4 Å². The van der Waals surface area contributed by atoms with Crippen LogP contribution in [0.25, 0.3) is 0 Å². The molecule has 16 heavy (non-hydrogen) atoms. The van der Waals surface area contributed by atoms with Crippen molar-refractivity contribution in [3.63, 3.8) is 0 Å². The maximum atomic E-state index is 11.2. The molecule has 0 aromatic carbocycles. The van der Waals surface area contributed by atoms with Gasteiger partial charge in [-0.05, 0) is 25.8 Å². The maximum absolute atomic E-state index is 11.2. The Morgan fingerprint density at radius 2 is 2.31 bits per heavy atom. The highest BCUT2D eigenvalue weighted by molar-refractivity contribution is 7.85. The minimum absolute atomic E-state index is 0.526. The van der Waals surface area contributed by atoms with Gasteiger partial charge in [0, 0.05) is 47.6 Å². The van der Waals surface area contributed by atoms with Gasteiger partial charge in [0.15, 0.2) is 0 Å². The summed E-state index contributed by atoms with van der Waals surface area (Å²) in [6.07, 6.45) is 3.91. The first kappa shape index (κ1) is 11.8. The largest absolute Gasteiger partial charge is 0.308 e. The minimum Gasteiger partial charge on any atom is -0.308 e. The summed E-state index contributed by atoms with van der Waals surface area (Å²) < 4.78 is 13.2. The number of nitrogens with one attached hydrogen (secondary N) is 1. The van der Waals surface area contributed by atoms with Gasteiger partial charge in [-0.15, -0.1) is 0 Å². The van der Waals surface area contributed by atoms with Gasteiger partial charge in [0.1, 0.15) is 0 Å². The van der Waals surface area contributed by atoms with E-state index in [2.05, 4.69) is 23.4 Å². The maximum Gasteiger partial charge on any atom is 0.0522 e. The van der Waals surface area contributed by atoms with Gasteiger partial charge in [-0.3, -0.25) is 8.89 Å². The molecule has 0 amide bonds. The predicted octanol–water partition coefficient (Wildman–Crippen LogP) is 0.904. The zero-order chi connectivity index (χ0) is 11.4. The molecule has 1 aliphatic heterocycles. The number of rotatable bonds is 4. The molecule has 2 rings (SSSR count). The van der Waals surface area contributed by atoms with Gasteiger partial charge < -0.3 is 5.32 Å². The van der Waals surface area contributed by atoms with Crippen molar-refractivity contribution in [3.05, 3.63) is 18.0 Å². The van der Waals surface area contributed by atoms with E-state index in [1.54, 1.807) is 0 Å². The van der Waals surface area contributed by atoms with Crippen LogP contribution in [0, 0.1) is 0 Å². The average Bonchev–Trinajstić information content (AvgIpc) is 2.76. The van der Waals surface area contributed by atoms with Gasteiger partial charge in [0.2, 0.25) is 0 Å². The molecule has 90 valence electrons. The summed E-state index contributed by atoms with van der Waals surface area (Å²) in [7, 11) is -0.565. The molecule has 1 saturated heterocycles. The zero-order valence-corrected chi connectivity index (χ0v) is 10.5. The van der Waals surface area contributed by atoms with E-state index in [4.69, 9.17) is 0 Å². The topological polar surface area (TPSA) is 46.9 Å². The second kappa shape index (κ2) is 5.59. The average molecular weight is 241 g/mol. The molecule has 0 unspecified atom stereocenters. The fourth-order valence-corrected chi connectivity index (χ4v) is 3.34. The smallest absolute Gasteiger partial charge is 0.0522 e. The summed E-state index contributed by atoms with van der Waals surface area (Å²) in [5.41, 5.74) is 1.23. The lowest BCUT2D eigenvalue weighted by atomic mass is 10.1. The van der Waals surface area contributed by atoms with E-state index in [1.165, 1.54) is 5.69 Å². The van der Waals surface area contributed by atoms with Gasteiger partial charge in [0.05, 0.1) is 5.69 Å². The summed E-state index contributed by atoms with van der Waals surface area (Å²) in [4.78, 5) is 0. The normalized spacial score (nSPS) is 25.8. The van der Waals surface area contributed by atoms with Crippen LogP contribution in [0.2, 0.25) is 0 Å². The predicted molar refractivity (Wildman–Crippen MR) is 65.6 cm³/mol. The molecule has 5 heteroatoms. The third kappa shape index (κ3) is 2.92. The van der Waals surface area contributed by atoms with Gasteiger partial charge in [-0.25, -0.2) is 0 Å². The van der Waals surface area contributed by atoms with Crippen molar-refractivity contribution in [2.45, 2.75) is 38.9 Å². The molecule has 1 aromatic rings. The summed E-state index contributed by atoms with van der Waals surface area (Å²) in [5.74, 6) is 1.70. The first-order valence-electron chi connectivity index (χ1n) is 5.88. The van der Waals surface area contributed by atoms with Crippen LogP contribution in [-0.4, -0.2) is 31.5 Å². The van der Waals surface area contributed by atoms with Gasteiger partial charge in [0.25, 0.3) is 0 Å². The van der Waals surface area contributed by atoms with Crippen LogP contribution in [-0.2, 0) is 23.9 Å². The van der Waals surface area contributed by atoms with Crippen molar-refractivity contribution in [1.29, 1.82) is 0 Å². The lowest BCUT2D eigenvalue weighted by Crippen LogP contribution is -2.35. The van der Waals surface area contributed by atoms with Crippen LogP contribution in [0.1, 0.15) is 25.5 Å². The van der Waals surface area contributed by atoms with E-state index >= 15 is 0 Å². The number of hydrogen-bond donors (Lipinski definition) is 1. The Labute approximate surface area is 98.9 Å².